The summed E-state index contributed by atoms with van der Waals surface area (Å²) in [5.41, 5.74) is 4.46. The van der Waals surface area contributed by atoms with Crippen LogP contribution in [0.3, 0.4) is 0 Å². The number of anilines is 1. The van der Waals surface area contributed by atoms with E-state index in [1.807, 2.05) is 57.2 Å². The zero-order valence-corrected chi connectivity index (χ0v) is 19.1. The SMILES string of the molecule is CC[C@H](NC(=O)c1ccc(C)c(S(=O)(=O)Nc2ccc(C)c(C)c2)c1)c1ccccc1. The average Bonchev–Trinajstić information content (AvgIpc) is 2.75. The number of sulfonamides is 1. The van der Waals surface area contributed by atoms with Gasteiger partial charge >= 0.3 is 0 Å². The maximum Gasteiger partial charge on any atom is 0.262 e. The Labute approximate surface area is 184 Å². The molecule has 0 aromatic heterocycles. The average molecular weight is 437 g/mol. The zero-order valence-electron chi connectivity index (χ0n) is 18.3. The summed E-state index contributed by atoms with van der Waals surface area (Å²) in [6.07, 6.45) is 0.723. The molecule has 0 aliphatic heterocycles. The molecule has 0 saturated carbocycles. The van der Waals surface area contributed by atoms with E-state index in [0.717, 1.165) is 23.1 Å². The van der Waals surface area contributed by atoms with E-state index in [4.69, 9.17) is 0 Å². The molecule has 5 nitrogen and oxygen atoms in total. The van der Waals surface area contributed by atoms with Crippen LogP contribution in [0.5, 0.6) is 0 Å². The Morgan fingerprint density at radius 3 is 2.19 bits per heavy atom. The first-order valence-electron chi connectivity index (χ1n) is 10.3. The van der Waals surface area contributed by atoms with Crippen LogP contribution >= 0.6 is 0 Å². The number of aryl methyl sites for hydroxylation is 3. The van der Waals surface area contributed by atoms with Gasteiger partial charge in [-0.3, -0.25) is 9.52 Å². The lowest BCUT2D eigenvalue weighted by molar-refractivity contribution is 0.0935. The van der Waals surface area contributed by atoms with Crippen molar-refractivity contribution in [3.05, 3.63) is 94.5 Å². The fourth-order valence-corrected chi connectivity index (χ4v) is 4.72. The highest BCUT2D eigenvalue weighted by Gasteiger charge is 2.21. The lowest BCUT2D eigenvalue weighted by Gasteiger charge is -2.18. The molecular weight excluding hydrogens is 408 g/mol. The zero-order chi connectivity index (χ0) is 22.6. The first kappa shape index (κ1) is 22.6. The van der Waals surface area contributed by atoms with Crippen LogP contribution in [0.25, 0.3) is 0 Å². The van der Waals surface area contributed by atoms with E-state index in [9.17, 15) is 13.2 Å². The first-order chi connectivity index (χ1) is 14.7. The molecule has 0 spiro atoms. The van der Waals surface area contributed by atoms with Crippen LogP contribution in [-0.4, -0.2) is 14.3 Å². The highest BCUT2D eigenvalue weighted by Crippen LogP contribution is 2.23. The van der Waals surface area contributed by atoms with Crippen molar-refractivity contribution >= 4 is 21.6 Å². The molecule has 0 fully saturated rings. The van der Waals surface area contributed by atoms with Crippen molar-refractivity contribution in [3.63, 3.8) is 0 Å². The summed E-state index contributed by atoms with van der Waals surface area (Å²) in [5, 5.41) is 3.01. The number of benzene rings is 3. The maximum absolute atomic E-state index is 13.1. The fourth-order valence-electron chi connectivity index (χ4n) is 3.39. The molecule has 3 aromatic carbocycles. The maximum atomic E-state index is 13.1. The van der Waals surface area contributed by atoms with E-state index < -0.39 is 10.0 Å². The smallest absolute Gasteiger partial charge is 0.262 e. The minimum absolute atomic E-state index is 0.0890. The Morgan fingerprint density at radius 2 is 1.55 bits per heavy atom. The molecule has 1 amide bonds. The number of rotatable bonds is 7. The molecule has 1 atom stereocenters. The molecule has 6 heteroatoms. The van der Waals surface area contributed by atoms with E-state index >= 15 is 0 Å². The third-order valence-corrected chi connectivity index (χ3v) is 6.94. The van der Waals surface area contributed by atoms with Gasteiger partial charge < -0.3 is 5.32 Å². The lowest BCUT2D eigenvalue weighted by atomic mass is 10.0. The Morgan fingerprint density at radius 1 is 0.871 bits per heavy atom. The summed E-state index contributed by atoms with van der Waals surface area (Å²) in [4.78, 5) is 13.0. The molecule has 3 aromatic rings. The lowest BCUT2D eigenvalue weighted by Crippen LogP contribution is -2.28. The normalized spacial score (nSPS) is 12.3. The monoisotopic (exact) mass is 436 g/mol. The summed E-state index contributed by atoms with van der Waals surface area (Å²) in [6, 6.07) is 19.7. The van der Waals surface area contributed by atoms with Gasteiger partial charge in [0.2, 0.25) is 0 Å². The number of carbonyl (C=O) groups excluding carboxylic acids is 1. The van der Waals surface area contributed by atoms with Crippen molar-refractivity contribution in [1.82, 2.24) is 5.32 Å². The highest BCUT2D eigenvalue weighted by atomic mass is 32.2. The summed E-state index contributed by atoms with van der Waals surface area (Å²) >= 11 is 0. The van der Waals surface area contributed by atoms with Gasteiger partial charge in [-0.15, -0.1) is 0 Å². The second-order valence-electron chi connectivity index (χ2n) is 7.73. The van der Waals surface area contributed by atoms with Crippen LogP contribution < -0.4 is 10.0 Å². The van der Waals surface area contributed by atoms with Gasteiger partial charge in [0.1, 0.15) is 0 Å². The minimum Gasteiger partial charge on any atom is -0.345 e. The van der Waals surface area contributed by atoms with Crippen molar-refractivity contribution < 1.29 is 13.2 Å². The van der Waals surface area contributed by atoms with E-state index in [1.54, 1.807) is 31.2 Å². The van der Waals surface area contributed by atoms with E-state index in [1.165, 1.54) is 6.07 Å². The van der Waals surface area contributed by atoms with Crippen molar-refractivity contribution in [2.24, 2.45) is 0 Å². The molecule has 0 bridgehead atoms. The van der Waals surface area contributed by atoms with Crippen molar-refractivity contribution in [3.8, 4) is 0 Å². The molecule has 0 heterocycles. The Kier molecular flexibility index (Phi) is 6.81. The Balaban J connectivity index is 1.86. The predicted octanol–water partition coefficient (Wildman–Crippen LogP) is 5.29. The van der Waals surface area contributed by atoms with Crippen molar-refractivity contribution in [1.29, 1.82) is 0 Å². The molecule has 0 aliphatic carbocycles. The third-order valence-electron chi connectivity index (χ3n) is 5.41. The van der Waals surface area contributed by atoms with Gasteiger partial charge in [-0.2, -0.15) is 0 Å². The van der Waals surface area contributed by atoms with Crippen LogP contribution in [0.1, 0.15) is 52.0 Å². The molecular formula is C25H28N2O3S. The second kappa shape index (κ2) is 9.35. The molecule has 0 aliphatic rings. The van der Waals surface area contributed by atoms with E-state index in [-0.39, 0.29) is 16.8 Å². The van der Waals surface area contributed by atoms with Gasteiger partial charge in [0.05, 0.1) is 10.9 Å². The van der Waals surface area contributed by atoms with E-state index in [0.29, 0.717) is 16.8 Å². The topological polar surface area (TPSA) is 75.3 Å². The Hall–Kier alpha value is -3.12. The van der Waals surface area contributed by atoms with Gasteiger partial charge in [-0.05, 0) is 73.7 Å². The summed E-state index contributed by atoms with van der Waals surface area (Å²) in [6.45, 7) is 7.62. The highest BCUT2D eigenvalue weighted by molar-refractivity contribution is 7.92. The molecule has 162 valence electrons. The molecule has 3 rings (SSSR count). The summed E-state index contributed by atoms with van der Waals surface area (Å²) in [7, 11) is -3.85. The molecule has 2 N–H and O–H groups in total. The van der Waals surface area contributed by atoms with E-state index in [2.05, 4.69) is 10.0 Å². The van der Waals surface area contributed by atoms with Gasteiger partial charge in [0.15, 0.2) is 0 Å². The predicted molar refractivity (Wildman–Crippen MR) is 125 cm³/mol. The number of hydrogen-bond donors (Lipinski definition) is 2. The van der Waals surface area contributed by atoms with Gasteiger partial charge in [-0.25, -0.2) is 8.42 Å². The number of carbonyl (C=O) groups is 1. The number of nitrogens with one attached hydrogen (secondary N) is 2. The molecule has 0 unspecified atom stereocenters. The quantitative estimate of drug-likeness (QED) is 0.528. The second-order valence-corrected chi connectivity index (χ2v) is 9.38. The van der Waals surface area contributed by atoms with Crippen LogP contribution in [-0.2, 0) is 10.0 Å². The molecule has 31 heavy (non-hydrogen) atoms. The summed E-state index contributed by atoms with van der Waals surface area (Å²) < 4.78 is 28.7. The molecule has 0 radical (unpaired) electrons. The van der Waals surface area contributed by atoms with Crippen molar-refractivity contribution in [2.45, 2.75) is 45.1 Å². The van der Waals surface area contributed by atoms with Gasteiger partial charge in [0.25, 0.3) is 15.9 Å². The Bertz CT molecular complexity index is 1190. The third kappa shape index (κ3) is 5.33. The van der Waals surface area contributed by atoms with Gasteiger partial charge in [0, 0.05) is 11.3 Å². The van der Waals surface area contributed by atoms with Crippen LogP contribution in [0.4, 0.5) is 5.69 Å². The van der Waals surface area contributed by atoms with Crippen LogP contribution in [0, 0.1) is 20.8 Å². The fraction of sp³-hybridized carbons (Fsp3) is 0.240. The summed E-state index contributed by atoms with van der Waals surface area (Å²) in [5.74, 6) is -0.307. The van der Waals surface area contributed by atoms with Gasteiger partial charge in [-0.1, -0.05) is 49.4 Å². The first-order valence-corrected chi connectivity index (χ1v) is 11.8. The number of amides is 1. The van der Waals surface area contributed by atoms with Crippen LogP contribution in [0.15, 0.2) is 71.6 Å². The van der Waals surface area contributed by atoms with Crippen molar-refractivity contribution in [2.75, 3.05) is 4.72 Å². The number of hydrogen-bond acceptors (Lipinski definition) is 3. The standard InChI is InChI=1S/C25H28N2O3S/c1-5-23(20-9-7-6-8-10-20)26-25(28)21-13-11-18(3)24(16-21)31(29,30)27-22-14-12-17(2)19(4)15-22/h6-16,23,27H,5H2,1-4H3,(H,26,28)/t23-/m0/s1. The van der Waals surface area contributed by atoms with Crippen LogP contribution in [0.2, 0.25) is 0 Å². The largest absolute Gasteiger partial charge is 0.345 e. The molecule has 0 saturated heterocycles. The minimum atomic E-state index is -3.85.